The van der Waals surface area contributed by atoms with Gasteiger partial charge in [-0.3, -0.25) is 14.5 Å². The van der Waals surface area contributed by atoms with Crippen molar-refractivity contribution < 1.29 is 28.9 Å². The predicted octanol–water partition coefficient (Wildman–Crippen LogP) is 5.88. The van der Waals surface area contributed by atoms with Crippen LogP contribution in [-0.2, 0) is 9.59 Å². The highest BCUT2D eigenvalue weighted by atomic mass is 79.9. The van der Waals surface area contributed by atoms with E-state index in [2.05, 4.69) is 15.9 Å². The van der Waals surface area contributed by atoms with E-state index in [4.69, 9.17) is 14.2 Å². The van der Waals surface area contributed by atoms with Crippen LogP contribution in [0, 0.1) is 0 Å². The number of carbonyl (C=O) groups is 2. The van der Waals surface area contributed by atoms with Crippen molar-refractivity contribution >= 4 is 39.1 Å². The molecule has 0 aromatic heterocycles. The summed E-state index contributed by atoms with van der Waals surface area (Å²) in [6, 6.07) is 18.1. The fourth-order valence-corrected chi connectivity index (χ4v) is 4.75. The van der Waals surface area contributed by atoms with E-state index in [0.29, 0.717) is 38.5 Å². The molecule has 1 N–H and O–H groups in total. The summed E-state index contributed by atoms with van der Waals surface area (Å²) in [6.07, 6.45) is -0.0116. The SMILES string of the molecule is COc1ccc(/C(O)=C2\C(=O)C(=O)N(c3ccc(OC(C)C)cc3)C2c2ccccc2OC)cc1Br. The molecule has 1 unspecified atom stereocenters. The van der Waals surface area contributed by atoms with E-state index in [1.165, 1.54) is 19.1 Å². The zero-order valence-corrected chi connectivity index (χ0v) is 21.9. The molecule has 1 saturated heterocycles. The van der Waals surface area contributed by atoms with E-state index in [1.807, 2.05) is 13.8 Å². The molecule has 36 heavy (non-hydrogen) atoms. The van der Waals surface area contributed by atoms with Gasteiger partial charge in [-0.15, -0.1) is 0 Å². The largest absolute Gasteiger partial charge is 0.507 e. The number of aliphatic hydroxyl groups excluding tert-OH is 1. The summed E-state index contributed by atoms with van der Waals surface area (Å²) >= 11 is 3.41. The van der Waals surface area contributed by atoms with Crippen molar-refractivity contribution in [2.45, 2.75) is 26.0 Å². The van der Waals surface area contributed by atoms with Gasteiger partial charge in [0, 0.05) is 16.8 Å². The maximum atomic E-state index is 13.4. The molecule has 1 aliphatic heterocycles. The molecule has 0 aliphatic carbocycles. The average molecular weight is 552 g/mol. The first-order valence-electron chi connectivity index (χ1n) is 11.3. The van der Waals surface area contributed by atoms with E-state index in [1.54, 1.807) is 66.7 Å². The lowest BCUT2D eigenvalue weighted by Crippen LogP contribution is -2.29. The van der Waals surface area contributed by atoms with Crippen molar-refractivity contribution in [1.29, 1.82) is 0 Å². The van der Waals surface area contributed by atoms with Gasteiger partial charge in [0.05, 0.1) is 36.4 Å². The molecular formula is C28H26BrNO6. The number of para-hydroxylation sites is 1. The lowest BCUT2D eigenvalue weighted by atomic mass is 9.94. The van der Waals surface area contributed by atoms with Crippen molar-refractivity contribution in [1.82, 2.24) is 0 Å². The van der Waals surface area contributed by atoms with Gasteiger partial charge in [-0.2, -0.15) is 0 Å². The number of ether oxygens (including phenoxy) is 3. The molecule has 0 bridgehead atoms. The Morgan fingerprint density at radius 1 is 0.944 bits per heavy atom. The minimum Gasteiger partial charge on any atom is -0.507 e. The van der Waals surface area contributed by atoms with Crippen LogP contribution in [-0.4, -0.2) is 37.1 Å². The van der Waals surface area contributed by atoms with Crippen molar-refractivity contribution in [3.63, 3.8) is 0 Å². The Bertz CT molecular complexity index is 1330. The molecule has 1 heterocycles. The fraction of sp³-hybridized carbons (Fsp3) is 0.214. The number of benzene rings is 3. The molecule has 7 nitrogen and oxygen atoms in total. The van der Waals surface area contributed by atoms with E-state index in [9.17, 15) is 14.7 Å². The minimum absolute atomic E-state index is 0.0116. The first kappa shape index (κ1) is 25.3. The number of nitrogens with zero attached hydrogens (tertiary/aromatic N) is 1. The van der Waals surface area contributed by atoms with Gasteiger partial charge in [0.15, 0.2) is 0 Å². The molecule has 1 amide bonds. The Balaban J connectivity index is 1.91. The number of Topliss-reactive ketones (excluding diaryl/α,β-unsaturated/α-hetero) is 1. The van der Waals surface area contributed by atoms with Gasteiger partial charge in [0.25, 0.3) is 11.7 Å². The van der Waals surface area contributed by atoms with Gasteiger partial charge in [-0.05, 0) is 78.3 Å². The number of ketones is 1. The second-order valence-corrected chi connectivity index (χ2v) is 9.28. The molecule has 0 radical (unpaired) electrons. The van der Waals surface area contributed by atoms with Crippen molar-refractivity contribution in [3.8, 4) is 17.2 Å². The number of halogens is 1. The first-order chi connectivity index (χ1) is 17.3. The molecule has 1 atom stereocenters. The Kier molecular flexibility index (Phi) is 7.35. The van der Waals surface area contributed by atoms with Crippen molar-refractivity contribution in [2.75, 3.05) is 19.1 Å². The number of carbonyl (C=O) groups excluding carboxylic acids is 2. The van der Waals surface area contributed by atoms with Crippen LogP contribution in [0.4, 0.5) is 5.69 Å². The van der Waals surface area contributed by atoms with Crippen LogP contribution in [0.2, 0.25) is 0 Å². The van der Waals surface area contributed by atoms with Crippen LogP contribution in [0.3, 0.4) is 0 Å². The van der Waals surface area contributed by atoms with E-state index >= 15 is 0 Å². The Morgan fingerprint density at radius 2 is 1.61 bits per heavy atom. The van der Waals surface area contributed by atoms with Crippen LogP contribution < -0.4 is 19.1 Å². The quantitative estimate of drug-likeness (QED) is 0.224. The highest BCUT2D eigenvalue weighted by Gasteiger charge is 2.48. The highest BCUT2D eigenvalue weighted by molar-refractivity contribution is 9.10. The summed E-state index contributed by atoms with van der Waals surface area (Å²) in [5.41, 5.74) is 1.38. The van der Waals surface area contributed by atoms with Gasteiger partial charge in [0.2, 0.25) is 0 Å². The number of methoxy groups -OCH3 is 2. The average Bonchev–Trinajstić information content (AvgIpc) is 3.13. The number of anilines is 1. The fourth-order valence-electron chi connectivity index (χ4n) is 4.21. The molecule has 1 aliphatic rings. The highest BCUT2D eigenvalue weighted by Crippen LogP contribution is 2.45. The first-order valence-corrected chi connectivity index (χ1v) is 12.1. The zero-order valence-electron chi connectivity index (χ0n) is 20.3. The number of amides is 1. The number of hydrogen-bond donors (Lipinski definition) is 1. The van der Waals surface area contributed by atoms with Crippen LogP contribution >= 0.6 is 15.9 Å². The summed E-state index contributed by atoms with van der Waals surface area (Å²) in [4.78, 5) is 28.2. The number of hydrogen-bond acceptors (Lipinski definition) is 6. The van der Waals surface area contributed by atoms with Gasteiger partial charge >= 0.3 is 0 Å². The third-order valence-corrected chi connectivity index (χ3v) is 6.41. The van der Waals surface area contributed by atoms with Gasteiger partial charge in [0.1, 0.15) is 23.0 Å². The summed E-state index contributed by atoms with van der Waals surface area (Å²) in [5.74, 6) is -0.152. The maximum Gasteiger partial charge on any atom is 0.300 e. The molecule has 8 heteroatoms. The summed E-state index contributed by atoms with van der Waals surface area (Å²) in [7, 11) is 3.05. The van der Waals surface area contributed by atoms with Crippen LogP contribution in [0.15, 0.2) is 76.8 Å². The normalized spacial score (nSPS) is 16.9. The molecule has 0 saturated carbocycles. The molecular weight excluding hydrogens is 526 g/mol. The van der Waals surface area contributed by atoms with Gasteiger partial charge in [-0.1, -0.05) is 18.2 Å². The lowest BCUT2D eigenvalue weighted by Gasteiger charge is -2.27. The Labute approximate surface area is 218 Å². The third-order valence-electron chi connectivity index (χ3n) is 5.79. The number of rotatable bonds is 7. The Hall–Kier alpha value is -3.78. The van der Waals surface area contributed by atoms with Gasteiger partial charge < -0.3 is 19.3 Å². The summed E-state index contributed by atoms with van der Waals surface area (Å²) in [6.45, 7) is 3.84. The summed E-state index contributed by atoms with van der Waals surface area (Å²) < 4.78 is 17.1. The summed E-state index contributed by atoms with van der Waals surface area (Å²) in [5, 5.41) is 11.4. The van der Waals surface area contributed by atoms with Crippen LogP contribution in [0.25, 0.3) is 5.76 Å². The second-order valence-electron chi connectivity index (χ2n) is 8.42. The standard InChI is InChI=1S/C28H26BrNO6/c1-16(2)36-19-12-10-18(11-13-19)30-25(20-7-5-6-8-22(20)34-3)24(27(32)28(30)33)26(31)17-9-14-23(35-4)21(29)15-17/h5-16,25,31H,1-4H3/b26-24+. The van der Waals surface area contributed by atoms with Crippen LogP contribution in [0.1, 0.15) is 31.0 Å². The Morgan fingerprint density at radius 3 is 2.22 bits per heavy atom. The van der Waals surface area contributed by atoms with Crippen molar-refractivity contribution in [3.05, 3.63) is 87.9 Å². The van der Waals surface area contributed by atoms with Gasteiger partial charge in [-0.25, -0.2) is 0 Å². The zero-order chi connectivity index (χ0) is 26.0. The molecule has 4 rings (SSSR count). The molecule has 3 aromatic rings. The monoisotopic (exact) mass is 551 g/mol. The second kappa shape index (κ2) is 10.5. The van der Waals surface area contributed by atoms with E-state index in [-0.39, 0.29) is 17.4 Å². The van der Waals surface area contributed by atoms with E-state index in [0.717, 1.165) is 0 Å². The molecule has 3 aromatic carbocycles. The molecule has 1 fully saturated rings. The van der Waals surface area contributed by atoms with Crippen LogP contribution in [0.5, 0.6) is 17.2 Å². The lowest BCUT2D eigenvalue weighted by molar-refractivity contribution is -0.132. The minimum atomic E-state index is -0.918. The maximum absolute atomic E-state index is 13.4. The number of aliphatic hydroxyl groups is 1. The topological polar surface area (TPSA) is 85.3 Å². The van der Waals surface area contributed by atoms with Crippen molar-refractivity contribution in [2.24, 2.45) is 0 Å². The predicted molar refractivity (Wildman–Crippen MR) is 141 cm³/mol. The van der Waals surface area contributed by atoms with E-state index < -0.39 is 17.7 Å². The molecule has 0 spiro atoms. The third kappa shape index (κ3) is 4.68. The smallest absolute Gasteiger partial charge is 0.300 e. The molecule has 186 valence electrons.